The monoisotopic (exact) mass is 263 g/mol. The van der Waals surface area contributed by atoms with Gasteiger partial charge in [-0.2, -0.15) is 0 Å². The molecule has 1 aromatic rings. The third-order valence-electron chi connectivity index (χ3n) is 3.74. The van der Waals surface area contributed by atoms with Crippen LogP contribution < -0.4 is 0 Å². The third kappa shape index (κ3) is 3.55. The molecule has 0 amide bonds. The number of carbonyl (C=O) groups is 1. The molecule has 1 aromatic carbocycles. The number of aromatic carboxylic acids is 1. The number of hydrogen-bond donors (Lipinski definition) is 1. The van der Waals surface area contributed by atoms with E-state index in [1.807, 2.05) is 6.07 Å². The van der Waals surface area contributed by atoms with E-state index in [0.29, 0.717) is 5.56 Å². The molecule has 0 aliphatic carbocycles. The molecular weight excluding hydrogens is 242 g/mol. The quantitative estimate of drug-likeness (QED) is 0.906. The Labute approximate surface area is 114 Å². The summed E-state index contributed by atoms with van der Waals surface area (Å²) in [5.74, 6) is -0.873. The van der Waals surface area contributed by atoms with Gasteiger partial charge in [-0.3, -0.25) is 4.90 Å². The van der Waals surface area contributed by atoms with Gasteiger partial charge in [-0.15, -0.1) is 0 Å². The van der Waals surface area contributed by atoms with E-state index in [4.69, 9.17) is 9.84 Å². The van der Waals surface area contributed by atoms with Gasteiger partial charge in [0, 0.05) is 19.6 Å². The molecule has 1 aliphatic rings. The van der Waals surface area contributed by atoms with Crippen LogP contribution in [0.1, 0.15) is 36.2 Å². The summed E-state index contributed by atoms with van der Waals surface area (Å²) in [7, 11) is 0. The molecule has 2 rings (SSSR count). The molecule has 1 unspecified atom stereocenters. The van der Waals surface area contributed by atoms with Crippen LogP contribution in [0.15, 0.2) is 24.3 Å². The van der Waals surface area contributed by atoms with Crippen molar-refractivity contribution in [2.24, 2.45) is 0 Å². The molecule has 0 aromatic heterocycles. The highest BCUT2D eigenvalue weighted by molar-refractivity contribution is 5.87. The van der Waals surface area contributed by atoms with Gasteiger partial charge in [0.1, 0.15) is 0 Å². The summed E-state index contributed by atoms with van der Waals surface area (Å²) >= 11 is 0. The van der Waals surface area contributed by atoms with Crippen molar-refractivity contribution in [3.63, 3.8) is 0 Å². The summed E-state index contributed by atoms with van der Waals surface area (Å²) in [6.07, 6.45) is 0.985. The van der Waals surface area contributed by atoms with Gasteiger partial charge in [-0.25, -0.2) is 4.79 Å². The van der Waals surface area contributed by atoms with E-state index in [1.54, 1.807) is 18.2 Å². The van der Waals surface area contributed by atoms with E-state index in [-0.39, 0.29) is 5.60 Å². The number of rotatable bonds is 4. The second-order valence-corrected chi connectivity index (χ2v) is 5.37. The lowest BCUT2D eigenvalue weighted by molar-refractivity contribution is -0.101. The summed E-state index contributed by atoms with van der Waals surface area (Å²) < 4.78 is 5.81. The molecule has 0 radical (unpaired) electrons. The summed E-state index contributed by atoms with van der Waals surface area (Å²) in [6.45, 7) is 7.57. The Balaban J connectivity index is 2.04. The smallest absolute Gasteiger partial charge is 0.335 e. The highest BCUT2D eigenvalue weighted by Crippen LogP contribution is 2.22. The first-order valence-electron chi connectivity index (χ1n) is 6.71. The van der Waals surface area contributed by atoms with E-state index in [2.05, 4.69) is 18.7 Å². The minimum atomic E-state index is -0.873. The highest BCUT2D eigenvalue weighted by atomic mass is 16.5. The van der Waals surface area contributed by atoms with Crippen LogP contribution >= 0.6 is 0 Å². The Kier molecular flexibility index (Phi) is 4.22. The Morgan fingerprint density at radius 1 is 1.53 bits per heavy atom. The summed E-state index contributed by atoms with van der Waals surface area (Å²) in [5, 5.41) is 9.00. The van der Waals surface area contributed by atoms with Crippen LogP contribution in [0.5, 0.6) is 0 Å². The lowest BCUT2D eigenvalue weighted by Crippen LogP contribution is -2.49. The van der Waals surface area contributed by atoms with E-state index < -0.39 is 5.97 Å². The van der Waals surface area contributed by atoms with Crippen LogP contribution in [0.4, 0.5) is 0 Å². The molecule has 0 saturated carbocycles. The minimum absolute atomic E-state index is 0.0807. The minimum Gasteiger partial charge on any atom is -0.478 e. The fraction of sp³-hybridized carbons (Fsp3) is 0.533. The molecule has 1 N–H and O–H groups in total. The molecule has 4 nitrogen and oxygen atoms in total. The van der Waals surface area contributed by atoms with Crippen molar-refractivity contribution in [3.8, 4) is 0 Å². The zero-order chi connectivity index (χ0) is 13.9. The number of nitrogens with zero attached hydrogens (tertiary/aromatic N) is 1. The van der Waals surface area contributed by atoms with Gasteiger partial charge in [0.05, 0.1) is 17.8 Å². The van der Waals surface area contributed by atoms with E-state index in [1.165, 1.54) is 0 Å². The second kappa shape index (κ2) is 5.72. The van der Waals surface area contributed by atoms with Crippen LogP contribution in [0.2, 0.25) is 0 Å². The number of carboxylic acid groups (broad SMARTS) is 1. The van der Waals surface area contributed by atoms with Crippen molar-refractivity contribution in [3.05, 3.63) is 35.4 Å². The molecule has 0 bridgehead atoms. The van der Waals surface area contributed by atoms with Gasteiger partial charge >= 0.3 is 5.97 Å². The Hall–Kier alpha value is -1.39. The number of benzene rings is 1. The number of hydrogen-bond acceptors (Lipinski definition) is 3. The summed E-state index contributed by atoms with van der Waals surface area (Å²) in [4.78, 5) is 13.3. The molecule has 104 valence electrons. The van der Waals surface area contributed by atoms with Gasteiger partial charge in [0.2, 0.25) is 0 Å². The van der Waals surface area contributed by atoms with Crippen LogP contribution in [0, 0.1) is 0 Å². The standard InChI is InChI=1S/C15H21NO3/c1-3-15(2)11-16(7-8-19-15)10-12-5-4-6-13(9-12)14(17)18/h4-6,9H,3,7-8,10-11H2,1-2H3,(H,17,18). The maximum absolute atomic E-state index is 11.0. The molecule has 4 heteroatoms. The second-order valence-electron chi connectivity index (χ2n) is 5.37. The fourth-order valence-electron chi connectivity index (χ4n) is 2.43. The normalized spacial score (nSPS) is 24.3. The van der Waals surface area contributed by atoms with Crippen LogP contribution in [-0.4, -0.2) is 41.3 Å². The highest BCUT2D eigenvalue weighted by Gasteiger charge is 2.30. The molecule has 1 heterocycles. The van der Waals surface area contributed by atoms with Gasteiger partial charge in [-0.1, -0.05) is 19.1 Å². The van der Waals surface area contributed by atoms with Gasteiger partial charge in [-0.05, 0) is 31.0 Å². The largest absolute Gasteiger partial charge is 0.478 e. The van der Waals surface area contributed by atoms with Crippen molar-refractivity contribution < 1.29 is 14.6 Å². The van der Waals surface area contributed by atoms with Gasteiger partial charge in [0.25, 0.3) is 0 Å². The molecule has 1 fully saturated rings. The van der Waals surface area contributed by atoms with Crippen LogP contribution in [0.25, 0.3) is 0 Å². The Morgan fingerprint density at radius 2 is 2.32 bits per heavy atom. The average molecular weight is 263 g/mol. The first-order valence-corrected chi connectivity index (χ1v) is 6.71. The average Bonchev–Trinajstić information content (AvgIpc) is 2.39. The summed E-state index contributed by atoms with van der Waals surface area (Å²) in [6, 6.07) is 7.16. The van der Waals surface area contributed by atoms with E-state index >= 15 is 0 Å². The van der Waals surface area contributed by atoms with Crippen LogP contribution in [0.3, 0.4) is 0 Å². The van der Waals surface area contributed by atoms with E-state index in [0.717, 1.165) is 38.2 Å². The number of ether oxygens (including phenoxy) is 1. The molecular formula is C15H21NO3. The fourth-order valence-corrected chi connectivity index (χ4v) is 2.43. The van der Waals surface area contributed by atoms with Crippen molar-refractivity contribution in [2.45, 2.75) is 32.4 Å². The van der Waals surface area contributed by atoms with Crippen molar-refractivity contribution in [1.82, 2.24) is 4.90 Å². The maximum atomic E-state index is 11.0. The first kappa shape index (κ1) is 14.0. The van der Waals surface area contributed by atoms with E-state index in [9.17, 15) is 4.79 Å². The zero-order valence-corrected chi connectivity index (χ0v) is 11.6. The third-order valence-corrected chi connectivity index (χ3v) is 3.74. The SMILES string of the molecule is CCC1(C)CN(Cc2cccc(C(=O)O)c2)CCO1. The topological polar surface area (TPSA) is 49.8 Å². The molecule has 1 aliphatic heterocycles. The van der Waals surface area contributed by atoms with Crippen LogP contribution in [-0.2, 0) is 11.3 Å². The number of morpholine rings is 1. The van der Waals surface area contributed by atoms with Crippen molar-refractivity contribution >= 4 is 5.97 Å². The van der Waals surface area contributed by atoms with Crippen molar-refractivity contribution in [1.29, 1.82) is 0 Å². The molecule has 1 atom stereocenters. The molecule has 1 saturated heterocycles. The Bertz CT molecular complexity index is 460. The number of carboxylic acids is 1. The van der Waals surface area contributed by atoms with Crippen molar-refractivity contribution in [2.75, 3.05) is 19.7 Å². The lowest BCUT2D eigenvalue weighted by Gasteiger charge is -2.40. The lowest BCUT2D eigenvalue weighted by atomic mass is 10.0. The molecule has 0 spiro atoms. The summed E-state index contributed by atoms with van der Waals surface area (Å²) in [5.41, 5.74) is 1.31. The predicted octanol–water partition coefficient (Wildman–Crippen LogP) is 2.39. The first-order chi connectivity index (χ1) is 9.02. The predicted molar refractivity (Wildman–Crippen MR) is 73.3 cm³/mol. The van der Waals surface area contributed by atoms with Gasteiger partial charge in [0.15, 0.2) is 0 Å². The van der Waals surface area contributed by atoms with Gasteiger partial charge < -0.3 is 9.84 Å². The maximum Gasteiger partial charge on any atom is 0.335 e. The molecule has 19 heavy (non-hydrogen) atoms. The zero-order valence-electron chi connectivity index (χ0n) is 11.6. The Morgan fingerprint density at radius 3 is 3.00 bits per heavy atom.